The van der Waals surface area contributed by atoms with Crippen molar-refractivity contribution in [1.29, 1.82) is 0 Å². The highest BCUT2D eigenvalue weighted by Gasteiger charge is 2.36. The Hall–Kier alpha value is -0.290. The number of likely N-dealkylation sites (tertiary alicyclic amines) is 1. The average Bonchev–Trinajstić information content (AvgIpc) is 2.69. The molecule has 6 heteroatoms. The van der Waals surface area contributed by atoms with Crippen LogP contribution in [0.1, 0.15) is 19.3 Å². The van der Waals surface area contributed by atoms with Crippen LogP contribution in [-0.2, 0) is 14.6 Å². The topological polar surface area (TPSA) is 54.5 Å². The van der Waals surface area contributed by atoms with Crippen LogP contribution in [0.2, 0.25) is 0 Å². The average molecular weight is 280 g/mol. The molecule has 1 unspecified atom stereocenters. The lowest BCUT2D eigenvalue weighted by Crippen LogP contribution is -2.42. The van der Waals surface area contributed by atoms with Gasteiger partial charge < -0.3 is 4.90 Å². The number of sulfone groups is 1. The highest BCUT2D eigenvalue weighted by molar-refractivity contribution is 7.91. The summed E-state index contributed by atoms with van der Waals surface area (Å²) in [5.74, 6) is 1.10. The largest absolute Gasteiger partial charge is 0.342 e. The van der Waals surface area contributed by atoms with Gasteiger partial charge in [0, 0.05) is 19.0 Å². The zero-order valence-electron chi connectivity index (χ0n) is 9.77. The number of hydrogen-bond acceptors (Lipinski definition) is 3. The summed E-state index contributed by atoms with van der Waals surface area (Å²) in [6, 6.07) is 0. The standard InChI is InChI=1S/C11H18ClNO3S/c12-7-9-1-4-13(5-2-9)11(14)10-3-6-17(15,16)8-10/h9-10H,1-8H2. The van der Waals surface area contributed by atoms with Crippen LogP contribution in [-0.4, -0.2) is 49.7 Å². The molecule has 2 heterocycles. The van der Waals surface area contributed by atoms with Gasteiger partial charge in [-0.2, -0.15) is 0 Å². The first-order valence-electron chi connectivity index (χ1n) is 6.07. The fraction of sp³-hybridized carbons (Fsp3) is 0.909. The molecule has 0 aromatic rings. The lowest BCUT2D eigenvalue weighted by Gasteiger charge is -2.32. The first-order valence-corrected chi connectivity index (χ1v) is 8.42. The van der Waals surface area contributed by atoms with Gasteiger partial charge >= 0.3 is 0 Å². The molecule has 2 rings (SSSR count). The van der Waals surface area contributed by atoms with Crippen molar-refractivity contribution in [2.24, 2.45) is 11.8 Å². The minimum Gasteiger partial charge on any atom is -0.342 e. The summed E-state index contributed by atoms with van der Waals surface area (Å²) in [6.07, 6.45) is 2.38. The molecule has 0 saturated carbocycles. The summed E-state index contributed by atoms with van der Waals surface area (Å²) in [5, 5.41) is 0. The van der Waals surface area contributed by atoms with Crippen molar-refractivity contribution in [2.45, 2.75) is 19.3 Å². The Kier molecular flexibility index (Phi) is 3.98. The molecule has 0 spiro atoms. The molecule has 98 valence electrons. The zero-order valence-corrected chi connectivity index (χ0v) is 11.3. The molecule has 0 aromatic heterocycles. The van der Waals surface area contributed by atoms with Crippen LogP contribution in [0.5, 0.6) is 0 Å². The van der Waals surface area contributed by atoms with Crippen molar-refractivity contribution in [3.05, 3.63) is 0 Å². The maximum absolute atomic E-state index is 12.1. The van der Waals surface area contributed by atoms with E-state index in [2.05, 4.69) is 0 Å². The van der Waals surface area contributed by atoms with E-state index in [1.54, 1.807) is 0 Å². The molecule has 1 amide bonds. The monoisotopic (exact) mass is 279 g/mol. The van der Waals surface area contributed by atoms with Crippen LogP contribution >= 0.6 is 11.6 Å². The number of alkyl halides is 1. The normalized spacial score (nSPS) is 29.5. The van der Waals surface area contributed by atoms with Gasteiger partial charge in [-0.25, -0.2) is 8.42 Å². The van der Waals surface area contributed by atoms with Crippen LogP contribution in [0.4, 0.5) is 0 Å². The zero-order chi connectivity index (χ0) is 12.5. The van der Waals surface area contributed by atoms with Crippen LogP contribution in [0.3, 0.4) is 0 Å². The van der Waals surface area contributed by atoms with Gasteiger partial charge in [0.2, 0.25) is 5.91 Å². The van der Waals surface area contributed by atoms with Gasteiger partial charge in [-0.1, -0.05) is 0 Å². The van der Waals surface area contributed by atoms with Gasteiger partial charge in [0.25, 0.3) is 0 Å². The summed E-state index contributed by atoms with van der Waals surface area (Å²) in [6.45, 7) is 1.46. The lowest BCUT2D eigenvalue weighted by atomic mass is 9.97. The maximum Gasteiger partial charge on any atom is 0.226 e. The molecule has 2 aliphatic rings. The van der Waals surface area contributed by atoms with E-state index in [-0.39, 0.29) is 23.3 Å². The Morgan fingerprint density at radius 2 is 1.88 bits per heavy atom. The Balaban J connectivity index is 1.89. The van der Waals surface area contributed by atoms with E-state index in [1.807, 2.05) is 4.90 Å². The predicted molar refractivity (Wildman–Crippen MR) is 66.8 cm³/mol. The lowest BCUT2D eigenvalue weighted by molar-refractivity contribution is -0.136. The molecule has 0 bridgehead atoms. The van der Waals surface area contributed by atoms with Crippen molar-refractivity contribution >= 4 is 27.3 Å². The molecule has 0 radical (unpaired) electrons. The van der Waals surface area contributed by atoms with E-state index < -0.39 is 9.84 Å². The first kappa shape index (κ1) is 13.1. The quantitative estimate of drug-likeness (QED) is 0.706. The first-order chi connectivity index (χ1) is 8.02. The van der Waals surface area contributed by atoms with Gasteiger partial charge in [-0.05, 0) is 25.2 Å². The highest BCUT2D eigenvalue weighted by Crippen LogP contribution is 2.24. The third-order valence-electron chi connectivity index (χ3n) is 3.73. The highest BCUT2D eigenvalue weighted by atomic mass is 35.5. The number of hydrogen-bond donors (Lipinski definition) is 0. The van der Waals surface area contributed by atoms with Crippen molar-refractivity contribution < 1.29 is 13.2 Å². The molecule has 2 aliphatic heterocycles. The summed E-state index contributed by atoms with van der Waals surface area (Å²) in [7, 11) is -2.96. The predicted octanol–water partition coefficient (Wildman–Crippen LogP) is 0.899. The number of amides is 1. The summed E-state index contributed by atoms with van der Waals surface area (Å²) in [5.41, 5.74) is 0. The number of carbonyl (C=O) groups excluding carboxylic acids is 1. The van der Waals surface area contributed by atoms with Crippen LogP contribution in [0.25, 0.3) is 0 Å². The molecule has 0 aliphatic carbocycles. The molecule has 4 nitrogen and oxygen atoms in total. The second kappa shape index (κ2) is 5.14. The number of halogens is 1. The summed E-state index contributed by atoms with van der Waals surface area (Å²) < 4.78 is 22.7. The van der Waals surface area contributed by atoms with Crippen LogP contribution in [0.15, 0.2) is 0 Å². The van der Waals surface area contributed by atoms with E-state index >= 15 is 0 Å². The number of carbonyl (C=O) groups is 1. The van der Waals surface area contributed by atoms with E-state index in [1.165, 1.54) is 0 Å². The van der Waals surface area contributed by atoms with Crippen molar-refractivity contribution in [3.8, 4) is 0 Å². The number of piperidine rings is 1. The third-order valence-corrected chi connectivity index (χ3v) is 5.93. The molecule has 1 atom stereocenters. The fourth-order valence-corrected chi connectivity index (χ4v) is 4.60. The molecule has 17 heavy (non-hydrogen) atoms. The third kappa shape index (κ3) is 3.13. The van der Waals surface area contributed by atoms with Crippen LogP contribution in [0, 0.1) is 11.8 Å². The SMILES string of the molecule is O=C(C1CCS(=O)(=O)C1)N1CCC(CCl)CC1. The van der Waals surface area contributed by atoms with Crippen molar-refractivity contribution in [3.63, 3.8) is 0 Å². The van der Waals surface area contributed by atoms with Gasteiger partial charge in [0.1, 0.15) is 0 Å². The molecular weight excluding hydrogens is 262 g/mol. The summed E-state index contributed by atoms with van der Waals surface area (Å²) >= 11 is 5.79. The van der Waals surface area contributed by atoms with Crippen LogP contribution < -0.4 is 0 Å². The Bertz CT molecular complexity index is 388. The fourth-order valence-electron chi connectivity index (χ4n) is 2.56. The van der Waals surface area contributed by atoms with E-state index in [0.29, 0.717) is 18.2 Å². The molecule has 0 aromatic carbocycles. The molecule has 2 fully saturated rings. The minimum atomic E-state index is -2.96. The second-order valence-corrected chi connectivity index (χ2v) is 7.56. The second-order valence-electron chi connectivity index (χ2n) is 5.02. The number of rotatable bonds is 2. The molecular formula is C11H18ClNO3S. The summed E-state index contributed by atoms with van der Waals surface area (Å²) in [4.78, 5) is 13.9. The van der Waals surface area contributed by atoms with Gasteiger partial charge in [0.15, 0.2) is 9.84 Å². The van der Waals surface area contributed by atoms with Crippen molar-refractivity contribution in [1.82, 2.24) is 4.90 Å². The smallest absolute Gasteiger partial charge is 0.226 e. The number of nitrogens with zero attached hydrogens (tertiary/aromatic N) is 1. The van der Waals surface area contributed by atoms with Gasteiger partial charge in [0.05, 0.1) is 17.4 Å². The minimum absolute atomic E-state index is 0.0269. The van der Waals surface area contributed by atoms with Crippen molar-refractivity contribution in [2.75, 3.05) is 30.5 Å². The Morgan fingerprint density at radius 1 is 1.24 bits per heavy atom. The molecule has 2 saturated heterocycles. The molecule has 0 N–H and O–H groups in total. The van der Waals surface area contributed by atoms with Gasteiger partial charge in [-0.15, -0.1) is 11.6 Å². The maximum atomic E-state index is 12.1. The van der Waals surface area contributed by atoms with E-state index in [9.17, 15) is 13.2 Å². The van der Waals surface area contributed by atoms with E-state index in [4.69, 9.17) is 11.6 Å². The Morgan fingerprint density at radius 3 is 2.35 bits per heavy atom. The van der Waals surface area contributed by atoms with E-state index in [0.717, 1.165) is 25.9 Å². The van der Waals surface area contributed by atoms with Gasteiger partial charge in [-0.3, -0.25) is 4.79 Å². The Labute approximate surface area is 107 Å².